The minimum absolute atomic E-state index is 0.268. The number of rotatable bonds is 5. The maximum absolute atomic E-state index is 13.2. The largest absolute Gasteiger partial charge is 0.387 e. The van der Waals surface area contributed by atoms with Gasteiger partial charge in [0.25, 0.3) is 0 Å². The SMILES string of the molecule is CN1CCc2cc(C(O)CNS(=O)(=O)c3ccc(F)c(F)c3)ccc21. The van der Waals surface area contributed by atoms with Crippen LogP contribution in [0, 0.1) is 11.6 Å². The molecular formula is C17H18F2N2O3S. The van der Waals surface area contributed by atoms with Crippen molar-refractivity contribution in [3.63, 3.8) is 0 Å². The lowest BCUT2D eigenvalue weighted by Crippen LogP contribution is -2.28. The monoisotopic (exact) mass is 368 g/mol. The van der Waals surface area contributed by atoms with Gasteiger partial charge in [-0.15, -0.1) is 0 Å². The van der Waals surface area contributed by atoms with Gasteiger partial charge in [0.2, 0.25) is 10.0 Å². The Morgan fingerprint density at radius 1 is 1.20 bits per heavy atom. The summed E-state index contributed by atoms with van der Waals surface area (Å²) in [6.45, 7) is 0.633. The molecule has 134 valence electrons. The van der Waals surface area contributed by atoms with Gasteiger partial charge in [-0.25, -0.2) is 21.9 Å². The maximum Gasteiger partial charge on any atom is 0.240 e. The zero-order valence-electron chi connectivity index (χ0n) is 13.5. The summed E-state index contributed by atoms with van der Waals surface area (Å²) in [7, 11) is -2.06. The number of anilines is 1. The summed E-state index contributed by atoms with van der Waals surface area (Å²) in [5.74, 6) is -2.37. The molecule has 0 amide bonds. The lowest BCUT2D eigenvalue weighted by atomic mass is 10.0. The number of likely N-dealkylation sites (N-methyl/N-ethyl adjacent to an activating group) is 1. The first-order chi connectivity index (χ1) is 11.8. The minimum Gasteiger partial charge on any atom is -0.387 e. The molecule has 1 heterocycles. The molecule has 2 aromatic rings. The normalized spacial score (nSPS) is 15.3. The molecule has 0 saturated heterocycles. The summed E-state index contributed by atoms with van der Waals surface area (Å²) in [4.78, 5) is 1.71. The van der Waals surface area contributed by atoms with Gasteiger partial charge in [0.15, 0.2) is 11.6 Å². The number of aliphatic hydroxyl groups is 1. The second-order valence-corrected chi connectivity index (χ2v) is 7.77. The van der Waals surface area contributed by atoms with Crippen LogP contribution in [0.15, 0.2) is 41.3 Å². The Kier molecular flexibility index (Phi) is 4.77. The van der Waals surface area contributed by atoms with Crippen LogP contribution in [0.25, 0.3) is 0 Å². The summed E-state index contributed by atoms with van der Waals surface area (Å²) >= 11 is 0. The van der Waals surface area contributed by atoms with Crippen molar-refractivity contribution in [1.29, 1.82) is 0 Å². The minimum atomic E-state index is -4.05. The molecule has 0 spiro atoms. The molecule has 1 unspecified atom stereocenters. The average Bonchev–Trinajstić information content (AvgIpc) is 2.95. The van der Waals surface area contributed by atoms with E-state index in [-0.39, 0.29) is 6.54 Å². The lowest BCUT2D eigenvalue weighted by molar-refractivity contribution is 0.182. The van der Waals surface area contributed by atoms with E-state index in [1.54, 1.807) is 6.07 Å². The summed E-state index contributed by atoms with van der Waals surface area (Å²) in [6, 6.07) is 7.82. The maximum atomic E-state index is 13.2. The Hall–Kier alpha value is -2.03. The van der Waals surface area contributed by atoms with Crippen LogP contribution >= 0.6 is 0 Å². The predicted octanol–water partition coefficient (Wildman–Crippen LogP) is 1.97. The van der Waals surface area contributed by atoms with Crippen molar-refractivity contribution in [1.82, 2.24) is 4.72 Å². The Balaban J connectivity index is 1.71. The van der Waals surface area contributed by atoms with Crippen LogP contribution in [-0.4, -0.2) is 33.7 Å². The number of nitrogens with one attached hydrogen (secondary N) is 1. The first-order valence-corrected chi connectivity index (χ1v) is 9.23. The molecule has 0 aliphatic carbocycles. The number of nitrogens with zero attached hydrogens (tertiary/aromatic N) is 1. The van der Waals surface area contributed by atoms with E-state index in [9.17, 15) is 22.3 Å². The molecule has 0 saturated carbocycles. The fourth-order valence-corrected chi connectivity index (χ4v) is 3.88. The molecular weight excluding hydrogens is 350 g/mol. The van der Waals surface area contributed by atoms with Gasteiger partial charge in [-0.3, -0.25) is 0 Å². The highest BCUT2D eigenvalue weighted by Gasteiger charge is 2.21. The fraction of sp³-hybridized carbons (Fsp3) is 0.294. The van der Waals surface area contributed by atoms with Gasteiger partial charge in [-0.2, -0.15) is 0 Å². The third-order valence-electron chi connectivity index (χ3n) is 4.28. The average molecular weight is 368 g/mol. The first-order valence-electron chi connectivity index (χ1n) is 7.74. The Bertz CT molecular complexity index is 903. The van der Waals surface area contributed by atoms with Crippen molar-refractivity contribution in [2.24, 2.45) is 0 Å². The third kappa shape index (κ3) is 3.65. The smallest absolute Gasteiger partial charge is 0.240 e. The van der Waals surface area contributed by atoms with E-state index in [0.29, 0.717) is 11.6 Å². The highest BCUT2D eigenvalue weighted by atomic mass is 32.2. The molecule has 0 bridgehead atoms. The molecule has 1 aliphatic rings. The Labute approximate surface area is 145 Å². The number of fused-ring (bicyclic) bond motifs is 1. The van der Waals surface area contributed by atoms with E-state index in [1.807, 2.05) is 19.2 Å². The first kappa shape index (κ1) is 17.8. The van der Waals surface area contributed by atoms with Crippen LogP contribution < -0.4 is 9.62 Å². The number of benzene rings is 2. The number of sulfonamides is 1. The molecule has 2 N–H and O–H groups in total. The Morgan fingerprint density at radius 3 is 2.68 bits per heavy atom. The number of hydrogen-bond acceptors (Lipinski definition) is 4. The molecule has 8 heteroatoms. The zero-order chi connectivity index (χ0) is 18.2. The van der Waals surface area contributed by atoms with Crippen molar-refractivity contribution in [2.75, 3.05) is 25.0 Å². The highest BCUT2D eigenvalue weighted by Crippen LogP contribution is 2.29. The fourth-order valence-electron chi connectivity index (χ4n) is 2.83. The van der Waals surface area contributed by atoms with E-state index in [4.69, 9.17) is 0 Å². The zero-order valence-corrected chi connectivity index (χ0v) is 14.4. The van der Waals surface area contributed by atoms with E-state index in [0.717, 1.165) is 36.3 Å². The van der Waals surface area contributed by atoms with E-state index >= 15 is 0 Å². The molecule has 1 atom stereocenters. The van der Waals surface area contributed by atoms with Gasteiger partial charge in [-0.05, 0) is 41.8 Å². The van der Waals surface area contributed by atoms with Crippen molar-refractivity contribution in [3.8, 4) is 0 Å². The van der Waals surface area contributed by atoms with Crippen LogP contribution in [0.5, 0.6) is 0 Å². The quantitative estimate of drug-likeness (QED) is 0.847. The van der Waals surface area contributed by atoms with Crippen molar-refractivity contribution in [3.05, 3.63) is 59.2 Å². The van der Waals surface area contributed by atoms with Gasteiger partial charge in [0, 0.05) is 25.8 Å². The molecule has 3 rings (SSSR count). The highest BCUT2D eigenvalue weighted by molar-refractivity contribution is 7.89. The number of aliphatic hydroxyl groups excluding tert-OH is 1. The molecule has 25 heavy (non-hydrogen) atoms. The predicted molar refractivity (Wildman–Crippen MR) is 89.9 cm³/mol. The van der Waals surface area contributed by atoms with Crippen LogP contribution in [0.1, 0.15) is 17.2 Å². The van der Waals surface area contributed by atoms with Gasteiger partial charge in [0.1, 0.15) is 0 Å². The molecule has 1 aliphatic heterocycles. The Morgan fingerprint density at radius 2 is 1.96 bits per heavy atom. The summed E-state index contributed by atoms with van der Waals surface area (Å²) < 4.78 is 52.6. The standard InChI is InChI=1S/C17H18F2N2O3S/c1-21-7-6-11-8-12(2-5-16(11)21)17(22)10-20-25(23,24)13-3-4-14(18)15(19)9-13/h2-5,8-9,17,20,22H,6-7,10H2,1H3. The van der Waals surface area contributed by atoms with Crippen LogP contribution in [0.2, 0.25) is 0 Å². The number of halogens is 2. The summed E-state index contributed by atoms with van der Waals surface area (Å²) in [5, 5.41) is 10.3. The summed E-state index contributed by atoms with van der Waals surface area (Å²) in [5.41, 5.74) is 2.79. The molecule has 2 aromatic carbocycles. The van der Waals surface area contributed by atoms with Crippen LogP contribution in [0.4, 0.5) is 14.5 Å². The van der Waals surface area contributed by atoms with Crippen LogP contribution in [0.3, 0.4) is 0 Å². The molecule has 0 fully saturated rings. The second kappa shape index (κ2) is 6.70. The van der Waals surface area contributed by atoms with E-state index in [1.165, 1.54) is 0 Å². The second-order valence-electron chi connectivity index (χ2n) is 6.00. The van der Waals surface area contributed by atoms with Crippen molar-refractivity contribution in [2.45, 2.75) is 17.4 Å². The third-order valence-corrected chi connectivity index (χ3v) is 5.71. The molecule has 0 aromatic heterocycles. The number of hydrogen-bond donors (Lipinski definition) is 2. The van der Waals surface area contributed by atoms with Gasteiger partial charge < -0.3 is 10.0 Å². The topological polar surface area (TPSA) is 69.6 Å². The van der Waals surface area contributed by atoms with Gasteiger partial charge >= 0.3 is 0 Å². The van der Waals surface area contributed by atoms with E-state index in [2.05, 4.69) is 9.62 Å². The summed E-state index contributed by atoms with van der Waals surface area (Å²) in [6.07, 6.45) is -0.177. The van der Waals surface area contributed by atoms with E-state index < -0.39 is 32.7 Å². The lowest BCUT2D eigenvalue weighted by Gasteiger charge is -2.15. The molecule has 5 nitrogen and oxygen atoms in total. The van der Waals surface area contributed by atoms with Gasteiger partial charge in [0.05, 0.1) is 11.0 Å². The molecule has 0 radical (unpaired) electrons. The van der Waals surface area contributed by atoms with Crippen molar-refractivity contribution >= 4 is 15.7 Å². The van der Waals surface area contributed by atoms with Crippen LogP contribution in [-0.2, 0) is 16.4 Å². The van der Waals surface area contributed by atoms with Gasteiger partial charge in [-0.1, -0.05) is 12.1 Å². The van der Waals surface area contributed by atoms with Crippen molar-refractivity contribution < 1.29 is 22.3 Å².